The van der Waals surface area contributed by atoms with Crippen LogP contribution < -0.4 is 4.74 Å². The number of rotatable bonds is 6. The molecule has 0 aromatic heterocycles. The molecule has 0 spiro atoms. The quantitative estimate of drug-likeness (QED) is 0.721. The zero-order valence-corrected chi connectivity index (χ0v) is 17.5. The van der Waals surface area contributed by atoms with Crippen molar-refractivity contribution in [2.75, 3.05) is 20.7 Å². The minimum Gasteiger partial charge on any atom is -0.496 e. The van der Waals surface area contributed by atoms with Crippen molar-refractivity contribution in [3.8, 4) is 5.75 Å². The first-order valence-corrected chi connectivity index (χ1v) is 9.85. The topological polar surface area (TPSA) is 62.2 Å². The molecule has 29 heavy (non-hydrogen) atoms. The number of nitrogens with zero attached hydrogens (tertiary/aromatic N) is 3. The van der Waals surface area contributed by atoms with E-state index in [1.54, 1.807) is 27.1 Å². The van der Waals surface area contributed by atoms with E-state index in [1.165, 1.54) is 9.91 Å². The van der Waals surface area contributed by atoms with Crippen LogP contribution in [-0.2, 0) is 9.59 Å². The second-order valence-electron chi connectivity index (χ2n) is 6.83. The van der Waals surface area contributed by atoms with Crippen LogP contribution in [0.3, 0.4) is 0 Å². The number of ether oxygens (including phenoxy) is 1. The molecule has 0 aliphatic carbocycles. The smallest absolute Gasteiger partial charge is 0.262 e. The van der Waals surface area contributed by atoms with Crippen LogP contribution in [0, 0.1) is 0 Å². The number of hydrogen-bond donors (Lipinski definition) is 0. The number of likely N-dealkylation sites (N-methyl/N-ethyl adjacent to an activating group) is 1. The number of hydrogen-bond acceptors (Lipinski definition) is 4. The molecular weight excluding hydrogens is 390 g/mol. The first-order valence-electron chi connectivity index (χ1n) is 9.47. The number of halogens is 1. The second-order valence-corrected chi connectivity index (χ2v) is 7.24. The summed E-state index contributed by atoms with van der Waals surface area (Å²) in [5, 5.41) is 6.65. The lowest BCUT2D eigenvalue weighted by Gasteiger charge is -2.25. The molecule has 2 aromatic rings. The van der Waals surface area contributed by atoms with E-state index in [4.69, 9.17) is 16.3 Å². The minimum atomic E-state index is -0.338. The van der Waals surface area contributed by atoms with Gasteiger partial charge in [-0.1, -0.05) is 54.9 Å². The van der Waals surface area contributed by atoms with Gasteiger partial charge in [0.25, 0.3) is 5.91 Å². The molecule has 0 bridgehead atoms. The standard InChI is InChI=1S/C22H24ClN3O3/c1-4-21(27)25(2)14-22(28)26-19(16-10-6-8-12-20(16)29-3)13-18(24-26)15-9-5-7-11-17(15)23/h5-12,19H,4,13-14H2,1-3H3. The number of methoxy groups -OCH3 is 1. The van der Waals surface area contributed by atoms with Gasteiger partial charge >= 0.3 is 0 Å². The van der Waals surface area contributed by atoms with E-state index >= 15 is 0 Å². The third-order valence-corrected chi connectivity index (χ3v) is 5.28. The Morgan fingerprint density at radius 1 is 1.21 bits per heavy atom. The molecule has 0 fully saturated rings. The van der Waals surface area contributed by atoms with E-state index in [0.717, 1.165) is 16.8 Å². The number of para-hydroxylation sites is 1. The second kappa shape index (κ2) is 9.09. The van der Waals surface area contributed by atoms with E-state index in [2.05, 4.69) is 5.10 Å². The van der Waals surface area contributed by atoms with Crippen LogP contribution in [0.5, 0.6) is 5.75 Å². The number of carbonyl (C=O) groups is 2. The first-order chi connectivity index (χ1) is 14.0. The van der Waals surface area contributed by atoms with Crippen molar-refractivity contribution < 1.29 is 14.3 Å². The van der Waals surface area contributed by atoms with Crippen molar-refractivity contribution in [3.05, 3.63) is 64.7 Å². The molecule has 6 nitrogen and oxygen atoms in total. The molecule has 1 unspecified atom stereocenters. The maximum absolute atomic E-state index is 13.1. The molecule has 1 atom stereocenters. The Labute approximate surface area is 175 Å². The lowest BCUT2D eigenvalue weighted by molar-refractivity contribution is -0.140. The largest absolute Gasteiger partial charge is 0.496 e. The highest BCUT2D eigenvalue weighted by Gasteiger charge is 2.35. The lowest BCUT2D eigenvalue weighted by atomic mass is 9.97. The zero-order valence-electron chi connectivity index (χ0n) is 16.8. The zero-order chi connectivity index (χ0) is 21.0. The van der Waals surface area contributed by atoms with Crippen molar-refractivity contribution in [3.63, 3.8) is 0 Å². The fourth-order valence-corrected chi connectivity index (χ4v) is 3.66. The van der Waals surface area contributed by atoms with Crippen molar-refractivity contribution in [1.29, 1.82) is 0 Å². The summed E-state index contributed by atoms with van der Waals surface area (Å²) in [5.74, 6) is 0.331. The third kappa shape index (κ3) is 4.43. The molecule has 152 valence electrons. The number of carbonyl (C=O) groups excluding carboxylic acids is 2. The Hall–Kier alpha value is -2.86. The molecule has 7 heteroatoms. The Morgan fingerprint density at radius 2 is 1.90 bits per heavy atom. The van der Waals surface area contributed by atoms with Gasteiger partial charge in [-0.2, -0.15) is 5.10 Å². The fourth-order valence-electron chi connectivity index (χ4n) is 3.42. The predicted molar refractivity (Wildman–Crippen MR) is 113 cm³/mol. The Morgan fingerprint density at radius 3 is 2.59 bits per heavy atom. The van der Waals surface area contributed by atoms with Crippen molar-refractivity contribution in [1.82, 2.24) is 9.91 Å². The van der Waals surface area contributed by atoms with Crippen molar-refractivity contribution in [2.45, 2.75) is 25.8 Å². The SMILES string of the molecule is CCC(=O)N(C)CC(=O)N1N=C(c2ccccc2Cl)CC1c1ccccc1OC. The molecule has 0 N–H and O–H groups in total. The highest BCUT2D eigenvalue weighted by Crippen LogP contribution is 2.38. The third-order valence-electron chi connectivity index (χ3n) is 4.95. The summed E-state index contributed by atoms with van der Waals surface area (Å²) in [6.07, 6.45) is 0.842. The monoisotopic (exact) mass is 413 g/mol. The Balaban J connectivity index is 1.97. The van der Waals surface area contributed by atoms with Crippen LogP contribution >= 0.6 is 11.6 Å². The maximum Gasteiger partial charge on any atom is 0.262 e. The van der Waals surface area contributed by atoms with E-state index < -0.39 is 0 Å². The van der Waals surface area contributed by atoms with Crippen LogP contribution in [0.25, 0.3) is 0 Å². The molecule has 2 aromatic carbocycles. The minimum absolute atomic E-state index is 0.0440. The van der Waals surface area contributed by atoms with E-state index in [-0.39, 0.29) is 24.4 Å². The lowest BCUT2D eigenvalue weighted by Crippen LogP contribution is -2.39. The average molecular weight is 414 g/mol. The van der Waals surface area contributed by atoms with Gasteiger partial charge in [-0.3, -0.25) is 9.59 Å². The average Bonchev–Trinajstić information content (AvgIpc) is 3.18. The van der Waals surface area contributed by atoms with Crippen LogP contribution in [0.1, 0.15) is 36.9 Å². The van der Waals surface area contributed by atoms with Gasteiger partial charge in [-0.25, -0.2) is 5.01 Å². The molecule has 1 aliphatic rings. The number of hydrazone groups is 1. The van der Waals surface area contributed by atoms with Crippen LogP contribution in [0.2, 0.25) is 5.02 Å². The van der Waals surface area contributed by atoms with Crippen LogP contribution in [0.15, 0.2) is 53.6 Å². The summed E-state index contributed by atoms with van der Waals surface area (Å²) in [5.41, 5.74) is 2.38. The summed E-state index contributed by atoms with van der Waals surface area (Å²) in [6.45, 7) is 1.72. The van der Waals surface area contributed by atoms with Gasteiger partial charge in [0.15, 0.2) is 0 Å². The van der Waals surface area contributed by atoms with Gasteiger partial charge in [0.05, 0.1) is 18.9 Å². The summed E-state index contributed by atoms with van der Waals surface area (Å²) in [6, 6.07) is 14.7. The molecule has 3 rings (SSSR count). The summed E-state index contributed by atoms with van der Waals surface area (Å²) in [4.78, 5) is 26.4. The molecule has 0 radical (unpaired) electrons. The van der Waals surface area contributed by atoms with Crippen LogP contribution in [-0.4, -0.2) is 48.1 Å². The van der Waals surface area contributed by atoms with E-state index in [9.17, 15) is 9.59 Å². The highest BCUT2D eigenvalue weighted by atomic mass is 35.5. The number of amides is 2. The summed E-state index contributed by atoms with van der Waals surface area (Å²) >= 11 is 6.37. The molecule has 0 saturated heterocycles. The van der Waals surface area contributed by atoms with Gasteiger partial charge in [-0.05, 0) is 12.1 Å². The first kappa shape index (κ1) is 20.9. The number of benzene rings is 2. The summed E-state index contributed by atoms with van der Waals surface area (Å²) in [7, 11) is 3.22. The van der Waals surface area contributed by atoms with E-state index in [0.29, 0.717) is 23.6 Å². The van der Waals surface area contributed by atoms with Crippen molar-refractivity contribution >= 4 is 29.1 Å². The molecular formula is C22H24ClN3O3. The van der Waals surface area contributed by atoms with Gasteiger partial charge in [0.1, 0.15) is 12.3 Å². The summed E-state index contributed by atoms with van der Waals surface area (Å²) < 4.78 is 5.51. The fraction of sp³-hybridized carbons (Fsp3) is 0.318. The Bertz CT molecular complexity index is 944. The molecule has 1 aliphatic heterocycles. The molecule has 2 amide bonds. The molecule has 1 heterocycles. The van der Waals surface area contributed by atoms with Crippen LogP contribution in [0.4, 0.5) is 0 Å². The normalized spacial score (nSPS) is 15.8. The van der Waals surface area contributed by atoms with Crippen molar-refractivity contribution in [2.24, 2.45) is 5.10 Å². The maximum atomic E-state index is 13.1. The molecule has 0 saturated carbocycles. The van der Waals surface area contributed by atoms with E-state index in [1.807, 2.05) is 42.5 Å². The van der Waals surface area contributed by atoms with Gasteiger partial charge in [0, 0.05) is 36.0 Å². The Kier molecular flexibility index (Phi) is 6.54. The predicted octanol–water partition coefficient (Wildman–Crippen LogP) is 3.89. The van der Waals surface area contributed by atoms with Gasteiger partial charge in [-0.15, -0.1) is 0 Å². The van der Waals surface area contributed by atoms with Gasteiger partial charge < -0.3 is 9.64 Å². The van der Waals surface area contributed by atoms with Gasteiger partial charge in [0.2, 0.25) is 5.91 Å². The highest BCUT2D eigenvalue weighted by molar-refractivity contribution is 6.34.